The third-order valence-corrected chi connectivity index (χ3v) is 4.94. The maximum absolute atomic E-state index is 12.5. The first kappa shape index (κ1) is 17.7. The van der Waals surface area contributed by atoms with Crippen LogP contribution in [-0.2, 0) is 29.0 Å². The molecule has 2 aromatic carbocycles. The van der Waals surface area contributed by atoms with Crippen LogP contribution in [0.2, 0.25) is 0 Å². The first-order chi connectivity index (χ1) is 12.1. The monoisotopic (exact) mass is 337 g/mol. The smallest absolute Gasteiger partial charge is 0.323 e. The summed E-state index contributed by atoms with van der Waals surface area (Å²) in [6, 6.07) is 16.9. The average Bonchev–Trinajstić information content (AvgIpc) is 2.61. The largest absolute Gasteiger partial charge is 0.465 e. The molecular weight excluding hydrogens is 310 g/mol. The second kappa shape index (κ2) is 7.83. The van der Waals surface area contributed by atoms with E-state index in [1.165, 1.54) is 22.3 Å². The Labute approximate surface area is 150 Å². The van der Waals surface area contributed by atoms with Crippen LogP contribution in [0.25, 0.3) is 0 Å². The van der Waals surface area contributed by atoms with Gasteiger partial charge in [0, 0.05) is 13.1 Å². The van der Waals surface area contributed by atoms with E-state index < -0.39 is 0 Å². The van der Waals surface area contributed by atoms with Crippen molar-refractivity contribution >= 4 is 5.97 Å². The highest BCUT2D eigenvalue weighted by atomic mass is 16.5. The molecule has 0 fully saturated rings. The van der Waals surface area contributed by atoms with Crippen molar-refractivity contribution in [2.24, 2.45) is 0 Å². The number of carbonyl (C=O) groups is 1. The zero-order valence-corrected chi connectivity index (χ0v) is 15.4. The molecule has 1 aliphatic rings. The van der Waals surface area contributed by atoms with E-state index in [1.54, 1.807) is 0 Å². The highest BCUT2D eigenvalue weighted by Crippen LogP contribution is 2.26. The maximum Gasteiger partial charge on any atom is 0.323 e. The lowest BCUT2D eigenvalue weighted by Crippen LogP contribution is -2.45. The summed E-state index contributed by atoms with van der Waals surface area (Å²) in [4.78, 5) is 14.7. The van der Waals surface area contributed by atoms with Gasteiger partial charge < -0.3 is 4.74 Å². The summed E-state index contributed by atoms with van der Waals surface area (Å²) in [6.07, 6.45) is 0.721. The van der Waals surface area contributed by atoms with Gasteiger partial charge in [-0.25, -0.2) is 0 Å². The second-order valence-corrected chi connectivity index (χ2v) is 7.04. The molecule has 132 valence electrons. The molecule has 0 radical (unpaired) electrons. The van der Waals surface area contributed by atoms with E-state index in [4.69, 9.17) is 4.74 Å². The van der Waals surface area contributed by atoms with Crippen molar-refractivity contribution in [3.05, 3.63) is 70.8 Å². The Morgan fingerprint density at radius 1 is 1.12 bits per heavy atom. The Hall–Kier alpha value is -2.13. The van der Waals surface area contributed by atoms with Crippen LogP contribution in [0.15, 0.2) is 48.5 Å². The van der Waals surface area contributed by atoms with Crippen molar-refractivity contribution in [2.45, 2.75) is 52.2 Å². The van der Waals surface area contributed by atoms with Gasteiger partial charge in [0.25, 0.3) is 0 Å². The minimum atomic E-state index is -0.209. The molecule has 0 saturated carbocycles. The summed E-state index contributed by atoms with van der Waals surface area (Å²) in [7, 11) is 0. The molecule has 3 heteroatoms. The lowest BCUT2D eigenvalue weighted by atomic mass is 9.93. The zero-order chi connectivity index (χ0) is 17.8. The van der Waals surface area contributed by atoms with Gasteiger partial charge in [-0.3, -0.25) is 9.69 Å². The van der Waals surface area contributed by atoms with Crippen LogP contribution in [0.4, 0.5) is 0 Å². The molecule has 0 aliphatic carbocycles. The molecule has 0 aromatic heterocycles. The highest BCUT2D eigenvalue weighted by Gasteiger charge is 2.32. The first-order valence-corrected chi connectivity index (χ1v) is 9.14. The van der Waals surface area contributed by atoms with Crippen LogP contribution >= 0.6 is 0 Å². The summed E-state index contributed by atoms with van der Waals surface area (Å²) in [5.74, 6) is 0.416. The molecular formula is C22H27NO2. The first-order valence-electron chi connectivity index (χ1n) is 9.14. The number of hydrogen-bond acceptors (Lipinski definition) is 3. The summed E-state index contributed by atoms with van der Waals surface area (Å²) in [5, 5.41) is 0. The van der Waals surface area contributed by atoms with Gasteiger partial charge in [0.1, 0.15) is 6.04 Å². The fraction of sp³-hybridized carbons (Fsp3) is 0.409. The topological polar surface area (TPSA) is 29.5 Å². The number of fused-ring (bicyclic) bond motifs is 1. The number of esters is 1. The van der Waals surface area contributed by atoms with Crippen molar-refractivity contribution in [3.8, 4) is 0 Å². The summed E-state index contributed by atoms with van der Waals surface area (Å²) < 4.78 is 5.33. The van der Waals surface area contributed by atoms with Crippen LogP contribution in [-0.4, -0.2) is 23.5 Å². The van der Waals surface area contributed by atoms with Gasteiger partial charge in [-0.2, -0.15) is 0 Å². The standard InChI is InChI=1S/C22H27NO2/c1-4-25-22(24)21-13-19-7-5-6-8-20(19)15-23(21)14-17-9-11-18(12-10-17)16(2)3/h5-12,16,21H,4,13-15H2,1-3H3/t21-/m0/s1. The number of benzene rings is 2. The number of ether oxygens (including phenoxy) is 1. The fourth-order valence-corrected chi connectivity index (χ4v) is 3.46. The van der Waals surface area contributed by atoms with Gasteiger partial charge in [0.15, 0.2) is 0 Å². The maximum atomic E-state index is 12.5. The zero-order valence-electron chi connectivity index (χ0n) is 15.4. The summed E-state index contributed by atoms with van der Waals surface area (Å²) in [5.41, 5.74) is 5.14. The number of hydrogen-bond donors (Lipinski definition) is 0. The van der Waals surface area contributed by atoms with Gasteiger partial charge >= 0.3 is 5.97 Å². The summed E-state index contributed by atoms with van der Waals surface area (Å²) in [6.45, 7) is 8.24. The minimum absolute atomic E-state index is 0.115. The van der Waals surface area contributed by atoms with Crippen LogP contribution < -0.4 is 0 Å². The molecule has 1 atom stereocenters. The van der Waals surface area contributed by atoms with Gasteiger partial charge in [0.05, 0.1) is 6.61 Å². The van der Waals surface area contributed by atoms with Crippen LogP contribution in [0.1, 0.15) is 48.9 Å². The number of carbonyl (C=O) groups excluding carboxylic acids is 1. The Bertz CT molecular complexity index is 721. The van der Waals surface area contributed by atoms with E-state index in [9.17, 15) is 4.79 Å². The van der Waals surface area contributed by atoms with E-state index in [-0.39, 0.29) is 12.0 Å². The Balaban J connectivity index is 1.82. The minimum Gasteiger partial charge on any atom is -0.465 e. The average molecular weight is 337 g/mol. The van der Waals surface area contributed by atoms with Crippen LogP contribution in [0, 0.1) is 0 Å². The molecule has 0 amide bonds. The quantitative estimate of drug-likeness (QED) is 0.762. The molecule has 0 unspecified atom stereocenters. The van der Waals surface area contributed by atoms with Gasteiger partial charge in [-0.15, -0.1) is 0 Å². The van der Waals surface area contributed by atoms with Crippen molar-refractivity contribution in [1.82, 2.24) is 4.90 Å². The Morgan fingerprint density at radius 2 is 1.80 bits per heavy atom. The predicted molar refractivity (Wildman–Crippen MR) is 100 cm³/mol. The predicted octanol–water partition coefficient (Wildman–Crippen LogP) is 4.30. The molecule has 3 rings (SSSR count). The van der Waals surface area contributed by atoms with E-state index in [0.29, 0.717) is 12.5 Å². The lowest BCUT2D eigenvalue weighted by molar-refractivity contribution is -0.150. The van der Waals surface area contributed by atoms with Gasteiger partial charge in [-0.05, 0) is 41.5 Å². The molecule has 3 nitrogen and oxygen atoms in total. The van der Waals surface area contributed by atoms with E-state index in [2.05, 4.69) is 61.2 Å². The van der Waals surface area contributed by atoms with E-state index in [0.717, 1.165) is 19.5 Å². The molecule has 0 N–H and O–H groups in total. The number of nitrogens with zero attached hydrogens (tertiary/aromatic N) is 1. The van der Waals surface area contributed by atoms with Crippen LogP contribution in [0.5, 0.6) is 0 Å². The van der Waals surface area contributed by atoms with Crippen molar-refractivity contribution < 1.29 is 9.53 Å². The Kier molecular flexibility index (Phi) is 5.54. The summed E-state index contributed by atoms with van der Waals surface area (Å²) >= 11 is 0. The van der Waals surface area contributed by atoms with Crippen LogP contribution in [0.3, 0.4) is 0 Å². The third kappa shape index (κ3) is 4.10. The van der Waals surface area contributed by atoms with Crippen molar-refractivity contribution in [1.29, 1.82) is 0 Å². The molecule has 0 bridgehead atoms. The van der Waals surface area contributed by atoms with E-state index >= 15 is 0 Å². The second-order valence-electron chi connectivity index (χ2n) is 7.04. The van der Waals surface area contributed by atoms with Crippen molar-refractivity contribution in [3.63, 3.8) is 0 Å². The normalized spacial score (nSPS) is 17.4. The fourth-order valence-electron chi connectivity index (χ4n) is 3.46. The SMILES string of the molecule is CCOC(=O)[C@@H]1Cc2ccccc2CN1Cc1ccc(C(C)C)cc1. The third-order valence-electron chi connectivity index (χ3n) is 4.94. The van der Waals surface area contributed by atoms with E-state index in [1.807, 2.05) is 13.0 Å². The van der Waals surface area contributed by atoms with Gasteiger partial charge in [0.2, 0.25) is 0 Å². The van der Waals surface area contributed by atoms with Gasteiger partial charge in [-0.1, -0.05) is 62.4 Å². The molecule has 1 aliphatic heterocycles. The molecule has 0 saturated heterocycles. The molecule has 0 spiro atoms. The van der Waals surface area contributed by atoms with Crippen molar-refractivity contribution in [2.75, 3.05) is 6.61 Å². The molecule has 1 heterocycles. The number of rotatable bonds is 5. The highest BCUT2D eigenvalue weighted by molar-refractivity contribution is 5.76. The molecule has 25 heavy (non-hydrogen) atoms. The lowest BCUT2D eigenvalue weighted by Gasteiger charge is -2.35. The Morgan fingerprint density at radius 3 is 2.44 bits per heavy atom. The molecule has 2 aromatic rings.